The summed E-state index contributed by atoms with van der Waals surface area (Å²) in [5.74, 6) is -1.90. The van der Waals surface area contributed by atoms with Crippen molar-refractivity contribution in [2.45, 2.75) is 32.2 Å². The van der Waals surface area contributed by atoms with Crippen LogP contribution in [-0.4, -0.2) is 47.4 Å². The Labute approximate surface area is 132 Å². The molecule has 1 atom stereocenters. The Hall–Kier alpha value is -1.93. The Balaban J connectivity index is 2.15. The van der Waals surface area contributed by atoms with Gasteiger partial charge in [-0.25, -0.2) is 0 Å². The number of carboxylic acids is 1. The van der Waals surface area contributed by atoms with Crippen LogP contribution in [0, 0.1) is 0 Å². The number of anilines is 1. The van der Waals surface area contributed by atoms with Crippen molar-refractivity contribution in [1.82, 2.24) is 4.90 Å². The Kier molecular flexibility index (Phi) is 4.82. The van der Waals surface area contributed by atoms with Crippen molar-refractivity contribution in [2.24, 2.45) is 5.73 Å². The normalized spacial score (nSPS) is 14.7. The summed E-state index contributed by atoms with van der Waals surface area (Å²) in [5.41, 5.74) is 6.78. The molecule has 1 unspecified atom stereocenters. The molecule has 2 rings (SSSR count). The highest BCUT2D eigenvalue weighted by Crippen LogP contribution is 2.38. The number of thiophene rings is 1. The molecule has 4 N–H and O–H groups in total. The van der Waals surface area contributed by atoms with Crippen molar-refractivity contribution >= 4 is 34.1 Å². The molecule has 7 nitrogen and oxygen atoms in total. The fourth-order valence-electron chi connectivity index (χ4n) is 2.52. The van der Waals surface area contributed by atoms with Crippen LogP contribution in [-0.2, 0) is 22.4 Å². The summed E-state index contributed by atoms with van der Waals surface area (Å²) in [4.78, 5) is 37.1. The van der Waals surface area contributed by atoms with Crippen LogP contribution < -0.4 is 11.1 Å². The van der Waals surface area contributed by atoms with Crippen LogP contribution in [0.5, 0.6) is 0 Å². The maximum atomic E-state index is 12.2. The number of carbonyl (C=O) groups is 3. The average Bonchev–Trinajstić information content (AvgIpc) is 2.96. The van der Waals surface area contributed by atoms with Gasteiger partial charge in [-0.2, -0.15) is 0 Å². The Morgan fingerprint density at radius 1 is 1.41 bits per heavy atom. The molecule has 0 saturated heterocycles. The molecule has 8 heteroatoms. The van der Waals surface area contributed by atoms with Gasteiger partial charge in [-0.3, -0.25) is 19.3 Å². The molecule has 2 amide bonds. The molecule has 1 aliphatic rings. The van der Waals surface area contributed by atoms with E-state index < -0.39 is 17.9 Å². The smallest absolute Gasteiger partial charge is 0.317 e. The van der Waals surface area contributed by atoms with E-state index in [0.29, 0.717) is 10.6 Å². The van der Waals surface area contributed by atoms with Gasteiger partial charge >= 0.3 is 5.97 Å². The SMILES string of the molecule is CC(C(=O)Nc1sc2c(c1C(N)=O)CCC2)N(C)CC(=O)O. The maximum Gasteiger partial charge on any atom is 0.317 e. The third-order valence-corrected chi connectivity index (χ3v) is 5.04. The standard InChI is InChI=1S/C14H19N3O4S/c1-7(17(2)6-10(18)19)13(21)16-14-11(12(15)20)8-4-3-5-9(8)22-14/h7H,3-6H2,1-2H3,(H2,15,20)(H,16,21)(H,18,19). The highest BCUT2D eigenvalue weighted by molar-refractivity contribution is 7.17. The molecule has 0 aliphatic heterocycles. The van der Waals surface area contributed by atoms with Gasteiger partial charge in [-0.1, -0.05) is 0 Å². The Morgan fingerprint density at radius 2 is 2.09 bits per heavy atom. The highest BCUT2D eigenvalue weighted by atomic mass is 32.1. The van der Waals surface area contributed by atoms with Crippen molar-refractivity contribution in [3.8, 4) is 0 Å². The first-order chi connectivity index (χ1) is 10.3. The number of carbonyl (C=O) groups excluding carboxylic acids is 2. The van der Waals surface area contributed by atoms with Gasteiger partial charge in [0, 0.05) is 4.88 Å². The molecule has 0 fully saturated rings. The number of likely N-dealkylation sites (N-methyl/N-ethyl adjacent to an activating group) is 1. The molecule has 0 aromatic carbocycles. The second-order valence-corrected chi connectivity index (χ2v) is 6.50. The number of aliphatic carboxylic acids is 1. The van der Waals surface area contributed by atoms with Crippen molar-refractivity contribution in [2.75, 3.05) is 18.9 Å². The number of hydrogen-bond donors (Lipinski definition) is 3. The van der Waals surface area contributed by atoms with E-state index in [0.717, 1.165) is 29.7 Å². The number of carboxylic acid groups (broad SMARTS) is 1. The largest absolute Gasteiger partial charge is 0.480 e. The van der Waals surface area contributed by atoms with Gasteiger partial charge in [0.15, 0.2) is 0 Å². The van der Waals surface area contributed by atoms with Crippen LogP contribution in [0.3, 0.4) is 0 Å². The lowest BCUT2D eigenvalue weighted by Gasteiger charge is -2.21. The average molecular weight is 325 g/mol. The molecular formula is C14H19N3O4S. The number of nitrogens with zero attached hydrogens (tertiary/aromatic N) is 1. The molecule has 120 valence electrons. The van der Waals surface area contributed by atoms with Crippen LogP contribution in [0.2, 0.25) is 0 Å². The summed E-state index contributed by atoms with van der Waals surface area (Å²) in [6.45, 7) is 1.38. The summed E-state index contributed by atoms with van der Waals surface area (Å²) >= 11 is 1.38. The molecule has 22 heavy (non-hydrogen) atoms. The fourth-order valence-corrected chi connectivity index (χ4v) is 3.82. The molecule has 0 bridgehead atoms. The van der Waals surface area contributed by atoms with E-state index in [1.165, 1.54) is 16.2 Å². The van der Waals surface area contributed by atoms with Gasteiger partial charge in [0.2, 0.25) is 5.91 Å². The third-order valence-electron chi connectivity index (χ3n) is 3.83. The number of hydrogen-bond acceptors (Lipinski definition) is 5. The van der Waals surface area contributed by atoms with Gasteiger partial charge in [-0.05, 0) is 38.8 Å². The van der Waals surface area contributed by atoms with E-state index in [2.05, 4.69) is 5.32 Å². The van der Waals surface area contributed by atoms with Crippen molar-refractivity contribution < 1.29 is 19.5 Å². The summed E-state index contributed by atoms with van der Waals surface area (Å²) in [6.07, 6.45) is 2.69. The number of nitrogens with one attached hydrogen (secondary N) is 1. The minimum Gasteiger partial charge on any atom is -0.480 e. The number of aryl methyl sites for hydroxylation is 1. The summed E-state index contributed by atoms with van der Waals surface area (Å²) in [7, 11) is 1.56. The molecule has 0 radical (unpaired) electrons. The second kappa shape index (κ2) is 6.45. The molecule has 1 heterocycles. The lowest BCUT2D eigenvalue weighted by atomic mass is 10.1. The fraction of sp³-hybridized carbons (Fsp3) is 0.500. The lowest BCUT2D eigenvalue weighted by molar-refractivity contribution is -0.138. The molecule has 0 saturated carbocycles. The van der Waals surface area contributed by atoms with E-state index in [4.69, 9.17) is 10.8 Å². The van der Waals surface area contributed by atoms with Gasteiger partial charge in [0.25, 0.3) is 5.91 Å². The van der Waals surface area contributed by atoms with Crippen LogP contribution in [0.25, 0.3) is 0 Å². The first-order valence-corrected chi connectivity index (χ1v) is 7.80. The van der Waals surface area contributed by atoms with Crippen molar-refractivity contribution in [3.63, 3.8) is 0 Å². The van der Waals surface area contributed by atoms with Crippen LogP contribution in [0.4, 0.5) is 5.00 Å². The van der Waals surface area contributed by atoms with Gasteiger partial charge < -0.3 is 16.2 Å². The van der Waals surface area contributed by atoms with Crippen molar-refractivity contribution in [1.29, 1.82) is 0 Å². The van der Waals surface area contributed by atoms with E-state index in [1.807, 2.05) is 0 Å². The van der Waals surface area contributed by atoms with E-state index in [-0.39, 0.29) is 12.5 Å². The predicted molar refractivity (Wildman–Crippen MR) is 83.2 cm³/mol. The molecule has 1 aromatic rings. The first-order valence-electron chi connectivity index (χ1n) is 6.98. The van der Waals surface area contributed by atoms with E-state index >= 15 is 0 Å². The zero-order valence-corrected chi connectivity index (χ0v) is 13.3. The van der Waals surface area contributed by atoms with Crippen LogP contribution >= 0.6 is 11.3 Å². The van der Waals surface area contributed by atoms with E-state index in [1.54, 1.807) is 14.0 Å². The van der Waals surface area contributed by atoms with Crippen LogP contribution in [0.15, 0.2) is 0 Å². The summed E-state index contributed by atoms with van der Waals surface area (Å²) in [6, 6.07) is -0.631. The lowest BCUT2D eigenvalue weighted by Crippen LogP contribution is -2.42. The maximum absolute atomic E-state index is 12.2. The summed E-state index contributed by atoms with van der Waals surface area (Å²) in [5, 5.41) is 12.0. The number of rotatable bonds is 6. The third kappa shape index (κ3) is 3.28. The minimum absolute atomic E-state index is 0.238. The first kappa shape index (κ1) is 16.4. The summed E-state index contributed by atoms with van der Waals surface area (Å²) < 4.78 is 0. The topological polar surface area (TPSA) is 113 Å². The molecule has 1 aromatic heterocycles. The highest BCUT2D eigenvalue weighted by Gasteiger charge is 2.28. The quantitative estimate of drug-likeness (QED) is 0.712. The monoisotopic (exact) mass is 325 g/mol. The van der Waals surface area contributed by atoms with Crippen molar-refractivity contribution in [3.05, 3.63) is 16.0 Å². The number of primary amides is 1. The minimum atomic E-state index is -1.00. The van der Waals surface area contributed by atoms with Crippen LogP contribution in [0.1, 0.15) is 34.1 Å². The zero-order chi connectivity index (χ0) is 16.4. The zero-order valence-electron chi connectivity index (χ0n) is 12.5. The number of fused-ring (bicyclic) bond motifs is 1. The molecule has 0 spiro atoms. The Morgan fingerprint density at radius 3 is 2.68 bits per heavy atom. The van der Waals surface area contributed by atoms with Gasteiger partial charge in [0.05, 0.1) is 18.2 Å². The predicted octanol–water partition coefficient (Wildman–Crippen LogP) is 0.679. The number of amides is 2. The van der Waals surface area contributed by atoms with E-state index in [9.17, 15) is 14.4 Å². The molecule has 1 aliphatic carbocycles. The second-order valence-electron chi connectivity index (χ2n) is 5.40. The molecular weight excluding hydrogens is 306 g/mol. The Bertz CT molecular complexity index is 626. The van der Waals surface area contributed by atoms with Gasteiger partial charge in [0.1, 0.15) is 5.00 Å². The van der Waals surface area contributed by atoms with Gasteiger partial charge in [-0.15, -0.1) is 11.3 Å². The number of nitrogens with two attached hydrogens (primary N) is 1.